The van der Waals surface area contributed by atoms with Crippen LogP contribution in [0.1, 0.15) is 15.6 Å². The Morgan fingerprint density at radius 2 is 2.17 bits per heavy atom. The van der Waals surface area contributed by atoms with Crippen molar-refractivity contribution in [3.63, 3.8) is 0 Å². The summed E-state index contributed by atoms with van der Waals surface area (Å²) in [5.74, 6) is 0. The van der Waals surface area contributed by atoms with Crippen LogP contribution < -0.4 is 5.32 Å². The summed E-state index contributed by atoms with van der Waals surface area (Å²) in [6.07, 6.45) is 2.20. The first-order valence-electron chi connectivity index (χ1n) is 4.10. The van der Waals surface area contributed by atoms with E-state index < -0.39 is 0 Å². The summed E-state index contributed by atoms with van der Waals surface area (Å²) in [6, 6.07) is 0. The average molecular weight is 180 g/mol. The number of hydrogen-bond donors (Lipinski definition) is 1. The number of nitrogens with zero attached hydrogens (tertiary/aromatic N) is 1. The summed E-state index contributed by atoms with van der Waals surface area (Å²) >= 11 is 1.78. The summed E-state index contributed by atoms with van der Waals surface area (Å²) in [5, 5.41) is 4.37. The summed E-state index contributed by atoms with van der Waals surface area (Å²) in [5.41, 5.74) is 2.63. The normalized spacial score (nSPS) is 16.0. The number of nitrogens with one attached hydrogen (secondary N) is 1. The van der Waals surface area contributed by atoms with Gasteiger partial charge in [-0.3, -0.25) is 0 Å². The summed E-state index contributed by atoms with van der Waals surface area (Å²) in [4.78, 5) is 5.77. The van der Waals surface area contributed by atoms with Gasteiger partial charge in [-0.2, -0.15) is 0 Å². The Labute approximate surface area is 76.3 Å². The van der Waals surface area contributed by atoms with Crippen molar-refractivity contribution in [1.82, 2.24) is 10.3 Å². The van der Waals surface area contributed by atoms with Crippen LogP contribution in [0.15, 0.2) is 5.57 Å². The van der Waals surface area contributed by atoms with Crippen LogP contribution in [-0.4, -0.2) is 18.1 Å². The molecule has 1 aliphatic rings. The van der Waals surface area contributed by atoms with Gasteiger partial charge in [0.05, 0.1) is 5.69 Å². The zero-order chi connectivity index (χ0) is 8.55. The van der Waals surface area contributed by atoms with Gasteiger partial charge in [-0.15, -0.1) is 11.3 Å². The van der Waals surface area contributed by atoms with Crippen LogP contribution in [-0.2, 0) is 0 Å². The highest BCUT2D eigenvalue weighted by Crippen LogP contribution is 2.19. The highest BCUT2D eigenvalue weighted by atomic mass is 32.1. The molecule has 0 atom stereocenters. The standard InChI is InChI=1S/C9H12N2S/c1-6-7(2)12-9(11-6)3-8-4-10-5-8/h3,10H,4-5H2,1-2H3. The van der Waals surface area contributed by atoms with E-state index in [1.807, 2.05) is 0 Å². The van der Waals surface area contributed by atoms with E-state index in [1.54, 1.807) is 11.3 Å². The molecule has 12 heavy (non-hydrogen) atoms. The molecule has 0 aliphatic carbocycles. The molecular formula is C9H12N2S. The first-order valence-corrected chi connectivity index (χ1v) is 4.91. The minimum absolute atomic E-state index is 1.04. The summed E-state index contributed by atoms with van der Waals surface area (Å²) in [7, 11) is 0. The van der Waals surface area contributed by atoms with E-state index in [-0.39, 0.29) is 0 Å². The summed E-state index contributed by atoms with van der Waals surface area (Å²) in [6.45, 7) is 6.26. The lowest BCUT2D eigenvalue weighted by Gasteiger charge is -2.17. The van der Waals surface area contributed by atoms with Crippen LogP contribution in [0.4, 0.5) is 0 Å². The maximum atomic E-state index is 4.45. The Kier molecular flexibility index (Phi) is 1.98. The number of thiazole rings is 1. The second-order valence-electron chi connectivity index (χ2n) is 3.10. The molecular weight excluding hydrogens is 168 g/mol. The lowest BCUT2D eigenvalue weighted by molar-refractivity contribution is 0.674. The molecule has 0 saturated carbocycles. The Bertz CT molecular complexity index is 300. The number of rotatable bonds is 1. The zero-order valence-corrected chi connectivity index (χ0v) is 8.16. The lowest BCUT2D eigenvalue weighted by Crippen LogP contribution is -2.33. The molecule has 2 heterocycles. The quantitative estimate of drug-likeness (QED) is 0.712. The second kappa shape index (κ2) is 2.99. The SMILES string of the molecule is Cc1nc(C=C2CNC2)sc1C. The number of aryl methyl sites for hydroxylation is 2. The smallest absolute Gasteiger partial charge is 0.116 e. The molecule has 1 aliphatic heterocycles. The molecule has 1 aromatic rings. The molecule has 3 heteroatoms. The van der Waals surface area contributed by atoms with Gasteiger partial charge in [-0.25, -0.2) is 4.98 Å². The van der Waals surface area contributed by atoms with Gasteiger partial charge in [0.1, 0.15) is 5.01 Å². The fourth-order valence-electron chi connectivity index (χ4n) is 1.11. The average Bonchev–Trinajstić information content (AvgIpc) is 2.24. The van der Waals surface area contributed by atoms with Crippen molar-refractivity contribution in [3.8, 4) is 0 Å². The third-order valence-electron chi connectivity index (χ3n) is 2.08. The molecule has 0 unspecified atom stereocenters. The molecule has 1 fully saturated rings. The molecule has 0 bridgehead atoms. The lowest BCUT2D eigenvalue weighted by atomic mass is 10.1. The van der Waals surface area contributed by atoms with E-state index in [0.717, 1.165) is 18.1 Å². The minimum atomic E-state index is 1.04. The van der Waals surface area contributed by atoms with Crippen LogP contribution in [0.5, 0.6) is 0 Å². The third-order valence-corrected chi connectivity index (χ3v) is 3.10. The van der Waals surface area contributed by atoms with Crippen molar-refractivity contribution in [3.05, 3.63) is 21.2 Å². The van der Waals surface area contributed by atoms with E-state index in [0.29, 0.717) is 0 Å². The maximum absolute atomic E-state index is 4.45. The van der Waals surface area contributed by atoms with Crippen LogP contribution in [0.2, 0.25) is 0 Å². The van der Waals surface area contributed by atoms with Gasteiger partial charge in [0, 0.05) is 18.0 Å². The highest BCUT2D eigenvalue weighted by molar-refractivity contribution is 7.12. The van der Waals surface area contributed by atoms with Crippen LogP contribution in [0, 0.1) is 13.8 Å². The molecule has 64 valence electrons. The van der Waals surface area contributed by atoms with Gasteiger partial charge in [0.2, 0.25) is 0 Å². The van der Waals surface area contributed by atoms with Gasteiger partial charge in [-0.1, -0.05) is 0 Å². The molecule has 1 aromatic heterocycles. The van der Waals surface area contributed by atoms with Crippen molar-refractivity contribution in [2.24, 2.45) is 0 Å². The molecule has 0 spiro atoms. The molecule has 0 aromatic carbocycles. The molecule has 0 radical (unpaired) electrons. The number of hydrogen-bond acceptors (Lipinski definition) is 3. The fraction of sp³-hybridized carbons (Fsp3) is 0.444. The first-order chi connectivity index (χ1) is 5.75. The fourth-order valence-corrected chi connectivity index (χ4v) is 2.02. The second-order valence-corrected chi connectivity index (χ2v) is 4.33. The van der Waals surface area contributed by atoms with Gasteiger partial charge >= 0.3 is 0 Å². The van der Waals surface area contributed by atoms with Crippen molar-refractivity contribution in [2.75, 3.05) is 13.1 Å². The first kappa shape index (κ1) is 7.95. The topological polar surface area (TPSA) is 24.9 Å². The molecule has 2 rings (SSSR count). The Morgan fingerprint density at radius 3 is 2.58 bits per heavy atom. The van der Waals surface area contributed by atoms with Crippen molar-refractivity contribution >= 4 is 17.4 Å². The van der Waals surface area contributed by atoms with Crippen LogP contribution in [0.3, 0.4) is 0 Å². The molecule has 2 nitrogen and oxygen atoms in total. The predicted molar refractivity (Wildman–Crippen MR) is 52.4 cm³/mol. The van der Waals surface area contributed by atoms with E-state index in [4.69, 9.17) is 0 Å². The molecule has 1 saturated heterocycles. The van der Waals surface area contributed by atoms with E-state index in [1.165, 1.54) is 16.1 Å². The third kappa shape index (κ3) is 1.42. The molecule has 0 amide bonds. The predicted octanol–water partition coefficient (Wildman–Crippen LogP) is 1.75. The van der Waals surface area contributed by atoms with Gasteiger partial charge in [-0.05, 0) is 25.5 Å². The van der Waals surface area contributed by atoms with E-state index >= 15 is 0 Å². The van der Waals surface area contributed by atoms with Crippen LogP contribution in [0.25, 0.3) is 6.08 Å². The van der Waals surface area contributed by atoms with Crippen molar-refractivity contribution < 1.29 is 0 Å². The largest absolute Gasteiger partial charge is 0.309 e. The minimum Gasteiger partial charge on any atom is -0.309 e. The Morgan fingerprint density at radius 1 is 1.42 bits per heavy atom. The van der Waals surface area contributed by atoms with E-state index in [9.17, 15) is 0 Å². The van der Waals surface area contributed by atoms with Gasteiger partial charge < -0.3 is 5.32 Å². The zero-order valence-electron chi connectivity index (χ0n) is 7.35. The van der Waals surface area contributed by atoms with Gasteiger partial charge in [0.25, 0.3) is 0 Å². The van der Waals surface area contributed by atoms with Crippen molar-refractivity contribution in [2.45, 2.75) is 13.8 Å². The Hall–Kier alpha value is -0.670. The van der Waals surface area contributed by atoms with Gasteiger partial charge in [0.15, 0.2) is 0 Å². The monoisotopic (exact) mass is 180 g/mol. The summed E-state index contributed by atoms with van der Waals surface area (Å²) < 4.78 is 0. The van der Waals surface area contributed by atoms with Crippen molar-refractivity contribution in [1.29, 1.82) is 0 Å². The molecule has 1 N–H and O–H groups in total. The Balaban J connectivity index is 2.23. The highest BCUT2D eigenvalue weighted by Gasteiger charge is 2.08. The van der Waals surface area contributed by atoms with Crippen LogP contribution >= 0.6 is 11.3 Å². The maximum Gasteiger partial charge on any atom is 0.116 e. The van der Waals surface area contributed by atoms with E-state index in [2.05, 4.69) is 30.2 Å². The number of aromatic nitrogens is 1.